The average Bonchev–Trinajstić information content (AvgIpc) is 3.19. The molecule has 2 saturated heterocycles. The summed E-state index contributed by atoms with van der Waals surface area (Å²) in [5.41, 5.74) is 6.78. The van der Waals surface area contributed by atoms with Gasteiger partial charge in [0, 0.05) is 49.5 Å². The molecule has 15 nitrogen and oxygen atoms in total. The predicted molar refractivity (Wildman–Crippen MR) is 228 cm³/mol. The van der Waals surface area contributed by atoms with E-state index < -0.39 is 97.0 Å². The first kappa shape index (κ1) is 52.2. The number of hydrogen-bond donors (Lipinski definition) is 6. The molecule has 0 bridgehead atoms. The Morgan fingerprint density at radius 2 is 1.77 bits per heavy atom. The monoisotopic (exact) mass is 873 g/mol. The van der Waals surface area contributed by atoms with Crippen LogP contribution in [-0.2, 0) is 38.0 Å². The van der Waals surface area contributed by atoms with E-state index >= 15 is 0 Å². The van der Waals surface area contributed by atoms with Crippen LogP contribution in [0.2, 0.25) is 0 Å². The number of carbonyl (C=O) groups is 2. The second-order valence-electron chi connectivity index (χ2n) is 17.5. The summed E-state index contributed by atoms with van der Waals surface area (Å²) in [6.07, 6.45) is 2.20. The standard InChI is InChI=1S/C46H75NO14/c1-13-16-34-28(7)37(58-38-22-33(48)43(31(10)57-38)60-45(47)53)23-46(54,61-34)30(9)41(51)29(8)42-35(55-11)18-15-17-24(3)19-26(5)39(49)32(14-2)40(50)27(6)20-25(4)21-36(56-12)44(52)59-42/h13,15-18,20-21,26-35,37-43,48-51,54H,14,19,22-23H2,1-12H3,(H2,47,53)/b16-13+,18-15+,24-17+,25-20+,36-21-/t26-,27-,28-,29+,30+,31-,32+,33-,34-,35+,37-,38+,39+,40-,41+,42-,43-,46-/m1/s1/i19+1,20+1,21+1,37+1,39+1,41+1,42+1. The maximum absolute atomic E-state index is 13.9. The van der Waals surface area contributed by atoms with Crippen LogP contribution in [0.15, 0.2) is 59.4 Å². The number of nitrogens with two attached hydrogens (primary N) is 1. The fraction of sp³-hybridized carbons (Fsp3) is 0.739. The first-order valence-corrected chi connectivity index (χ1v) is 21.7. The van der Waals surface area contributed by atoms with Crippen LogP contribution in [0.3, 0.4) is 0 Å². The van der Waals surface area contributed by atoms with Crippen molar-refractivity contribution in [2.24, 2.45) is 41.2 Å². The van der Waals surface area contributed by atoms with E-state index in [9.17, 15) is 35.1 Å². The largest absolute Gasteiger partial charge is 0.490 e. The molecule has 3 rings (SSSR count). The van der Waals surface area contributed by atoms with Crippen LogP contribution in [0.5, 0.6) is 0 Å². The molecule has 18 atom stereocenters. The van der Waals surface area contributed by atoms with Crippen molar-refractivity contribution in [1.82, 2.24) is 0 Å². The van der Waals surface area contributed by atoms with Gasteiger partial charge in [-0.15, -0.1) is 0 Å². The van der Waals surface area contributed by atoms with Crippen LogP contribution >= 0.6 is 0 Å². The smallest absolute Gasteiger partial charge is 0.404 e. The number of hydrogen-bond acceptors (Lipinski definition) is 14. The SMILES string of the molecule is C/C=C/[C@H]1O[C@@](O)([C@@H](C)[13C@@H](O)[C@H](C)[13C@H]2OC(=O)/C(OC)=[13CH]/C(C)=[13CH]/[C@@H](C)[C@@H](O)[C@@H](CC)[13C@@H](O)[C@H](C)[13CH2]/C(C)=C/C=C/[C@@H]2OC)C[13C@@H](O[C@H]2C[C@@H](O)[C@H](OC(N)=O)[C@@H](C)O2)[C@@H]1C. The van der Waals surface area contributed by atoms with Gasteiger partial charge in [0.1, 0.15) is 12.2 Å². The lowest BCUT2D eigenvalue weighted by atomic mass is 9.93. The lowest BCUT2D eigenvalue weighted by Crippen LogP contribution is -2.59. The normalized spacial score (nSPS) is 42.2. The Labute approximate surface area is 362 Å². The number of rotatable bonds is 11. The number of cyclic esters (lactones) is 1. The minimum absolute atomic E-state index is 0.0313. The molecule has 0 radical (unpaired) electrons. The Balaban J connectivity index is 2.00. The number of ether oxygens (including phenoxy) is 7. The van der Waals surface area contributed by atoms with E-state index in [-0.39, 0.29) is 42.3 Å². The van der Waals surface area contributed by atoms with Gasteiger partial charge < -0.3 is 64.4 Å². The molecule has 3 aliphatic heterocycles. The van der Waals surface area contributed by atoms with Crippen molar-refractivity contribution in [3.63, 3.8) is 0 Å². The Kier molecular flexibility index (Phi) is 20.1. The molecule has 7 N–H and O–H groups in total. The highest BCUT2D eigenvalue weighted by Crippen LogP contribution is 2.42. The number of primary amides is 1. The number of methoxy groups -OCH3 is 2. The van der Waals surface area contributed by atoms with Crippen molar-refractivity contribution >= 4 is 12.1 Å². The van der Waals surface area contributed by atoms with E-state index in [0.717, 1.165) is 5.57 Å². The van der Waals surface area contributed by atoms with Crippen molar-refractivity contribution < 1.29 is 68.3 Å². The van der Waals surface area contributed by atoms with Crippen molar-refractivity contribution in [2.45, 2.75) is 168 Å². The molecule has 0 unspecified atom stereocenters. The predicted octanol–water partition coefficient (Wildman–Crippen LogP) is 4.98. The molecule has 15 heteroatoms. The van der Waals surface area contributed by atoms with E-state index in [1.54, 1.807) is 52.0 Å². The first-order valence-electron chi connectivity index (χ1n) is 21.7. The lowest BCUT2D eigenvalue weighted by molar-refractivity contribution is -0.338. The number of aliphatic hydroxyl groups is 5. The molecule has 61 heavy (non-hydrogen) atoms. The first-order chi connectivity index (χ1) is 28.6. The van der Waals surface area contributed by atoms with Crippen LogP contribution in [0.25, 0.3) is 0 Å². The summed E-state index contributed by atoms with van der Waals surface area (Å²) in [5.74, 6) is -6.00. The molecule has 0 aromatic rings. The molecule has 3 heterocycles. The van der Waals surface area contributed by atoms with Gasteiger partial charge in [0.05, 0.1) is 49.8 Å². The van der Waals surface area contributed by atoms with Gasteiger partial charge in [-0.05, 0) is 52.5 Å². The second kappa shape index (κ2) is 23.5. The van der Waals surface area contributed by atoms with Crippen molar-refractivity contribution in [2.75, 3.05) is 14.2 Å². The molecule has 0 aromatic carbocycles. The van der Waals surface area contributed by atoms with Crippen LogP contribution < -0.4 is 5.73 Å². The number of carbonyl (C=O) groups excluding carboxylic acids is 2. The van der Waals surface area contributed by atoms with Gasteiger partial charge in [-0.2, -0.15) is 0 Å². The van der Waals surface area contributed by atoms with Crippen LogP contribution in [0.4, 0.5) is 4.79 Å². The van der Waals surface area contributed by atoms with E-state index in [4.69, 9.17) is 38.9 Å². The quantitative estimate of drug-likeness (QED) is 0.0915. The number of aliphatic hydroxyl groups excluding tert-OH is 4. The highest BCUT2D eigenvalue weighted by Gasteiger charge is 2.52. The average molecular weight is 873 g/mol. The van der Waals surface area contributed by atoms with Gasteiger partial charge >= 0.3 is 12.1 Å². The highest BCUT2D eigenvalue weighted by molar-refractivity contribution is 5.87. The molecule has 0 spiro atoms. The minimum atomic E-state index is -1.97. The summed E-state index contributed by atoms with van der Waals surface area (Å²) in [6.45, 7) is 18.2. The van der Waals surface area contributed by atoms with Crippen molar-refractivity contribution in [1.29, 1.82) is 0 Å². The molecule has 0 aromatic heterocycles. The maximum Gasteiger partial charge on any atom is 0.404 e. The Morgan fingerprint density at radius 3 is 2.34 bits per heavy atom. The molecule has 1 amide bonds. The third kappa shape index (κ3) is 13.7. The van der Waals surface area contributed by atoms with Crippen LogP contribution in [0, 0.1) is 35.5 Å². The van der Waals surface area contributed by atoms with Crippen molar-refractivity contribution in [3.8, 4) is 0 Å². The van der Waals surface area contributed by atoms with Gasteiger partial charge in [-0.1, -0.05) is 89.1 Å². The third-order valence-electron chi connectivity index (χ3n) is 12.8. The molecule has 2 fully saturated rings. The Hall–Kier alpha value is -3.12. The van der Waals surface area contributed by atoms with E-state index in [0.29, 0.717) is 18.4 Å². The fourth-order valence-electron chi connectivity index (χ4n) is 8.94. The van der Waals surface area contributed by atoms with E-state index in [1.807, 2.05) is 53.7 Å². The summed E-state index contributed by atoms with van der Waals surface area (Å²) in [6, 6.07) is 0. The summed E-state index contributed by atoms with van der Waals surface area (Å²) < 4.78 is 41.4. The zero-order valence-corrected chi connectivity index (χ0v) is 38.2. The van der Waals surface area contributed by atoms with Crippen molar-refractivity contribution in [3.05, 3.63) is 59.4 Å². The van der Waals surface area contributed by atoms with Gasteiger partial charge in [0.2, 0.25) is 5.76 Å². The number of esters is 1. The summed E-state index contributed by atoms with van der Waals surface area (Å²) in [4.78, 5) is 25.4. The molecule has 3 aliphatic rings. The minimum Gasteiger partial charge on any atom is -0.490 e. The van der Waals surface area contributed by atoms with E-state index in [1.165, 1.54) is 20.3 Å². The molecule has 348 valence electrons. The zero-order valence-electron chi connectivity index (χ0n) is 38.2. The van der Waals surface area contributed by atoms with Gasteiger partial charge in [-0.25, -0.2) is 9.59 Å². The van der Waals surface area contributed by atoms with E-state index in [2.05, 4.69) is 0 Å². The molecule has 0 aliphatic carbocycles. The number of allylic oxidation sites excluding steroid dienone is 6. The topological polar surface area (TPSA) is 226 Å². The second-order valence-corrected chi connectivity index (χ2v) is 17.5. The Bertz CT molecular complexity index is 1570. The molecule has 0 saturated carbocycles. The summed E-state index contributed by atoms with van der Waals surface area (Å²) >= 11 is 0. The number of amides is 1. The third-order valence-corrected chi connectivity index (χ3v) is 12.8. The molecular formula is C46H75NO14. The fourth-order valence-corrected chi connectivity index (χ4v) is 8.94. The summed E-state index contributed by atoms with van der Waals surface area (Å²) in [5, 5.41) is 58.0. The Morgan fingerprint density at radius 1 is 1.10 bits per heavy atom. The molecular weight excluding hydrogens is 797 g/mol. The van der Waals surface area contributed by atoms with Gasteiger partial charge in [-0.3, -0.25) is 0 Å². The van der Waals surface area contributed by atoms with Crippen LogP contribution in [-0.4, -0.2) is 125 Å². The highest BCUT2D eigenvalue weighted by atomic mass is 16.7. The zero-order chi connectivity index (χ0) is 45.9. The maximum atomic E-state index is 13.9. The van der Waals surface area contributed by atoms with Gasteiger partial charge in [0.25, 0.3) is 0 Å². The van der Waals surface area contributed by atoms with Crippen LogP contribution in [0.1, 0.15) is 94.9 Å². The lowest BCUT2D eigenvalue weighted by Gasteiger charge is -2.49. The van der Waals surface area contributed by atoms with Gasteiger partial charge in [0.15, 0.2) is 18.2 Å². The summed E-state index contributed by atoms with van der Waals surface area (Å²) in [7, 11) is 2.81.